The fraction of sp³-hybridized carbons (Fsp3) is 0.756. The van der Waals surface area contributed by atoms with Gasteiger partial charge in [-0.2, -0.15) is 0 Å². The first kappa shape index (κ1) is 55.0. The summed E-state index contributed by atoms with van der Waals surface area (Å²) in [5.74, 6) is -0.326. The lowest BCUT2D eigenvalue weighted by Crippen LogP contribution is -2.29. The minimum absolute atomic E-state index is 0.0451. The number of aliphatic hydroxyl groups is 2. The van der Waals surface area contributed by atoms with Gasteiger partial charge in [0.15, 0.2) is 6.10 Å². The number of phosphoric ester groups is 2. The molecule has 5 N–H and O–H groups in total. The molecular weight excluding hydrogens is 778 g/mol. The molecule has 0 aliphatic carbocycles. The van der Waals surface area contributed by atoms with E-state index in [2.05, 4.69) is 59.4 Å². The van der Waals surface area contributed by atoms with Crippen LogP contribution < -0.4 is 0 Å². The van der Waals surface area contributed by atoms with Gasteiger partial charge in [-0.1, -0.05) is 127 Å². The SMILES string of the molecule is CCC(C)CCCCCCCCCCC(=O)OC[C@H](COP(=O)(O)OC[C@@H](O)COP(=O)(O)O)OC(=O)CCC/C=C\C/C=C\C/C=C\C/C=C\CCCCCO. The predicted octanol–water partition coefficient (Wildman–Crippen LogP) is 9.11. The van der Waals surface area contributed by atoms with E-state index in [0.717, 1.165) is 70.1 Å². The number of hydrogen-bond donors (Lipinski definition) is 5. The van der Waals surface area contributed by atoms with Crippen LogP contribution in [0, 0.1) is 5.92 Å². The summed E-state index contributed by atoms with van der Waals surface area (Å²) in [6, 6.07) is 0. The molecule has 0 saturated heterocycles. The van der Waals surface area contributed by atoms with Gasteiger partial charge in [0.25, 0.3) is 0 Å². The van der Waals surface area contributed by atoms with Crippen LogP contribution in [-0.2, 0) is 41.8 Å². The second kappa shape index (κ2) is 37.1. The Morgan fingerprint density at radius 3 is 1.67 bits per heavy atom. The van der Waals surface area contributed by atoms with Crippen LogP contribution in [-0.4, -0.2) is 82.1 Å². The first-order valence-corrected chi connectivity index (χ1v) is 23.9. The van der Waals surface area contributed by atoms with Crippen molar-refractivity contribution < 1.29 is 66.7 Å². The van der Waals surface area contributed by atoms with Crippen molar-refractivity contribution in [2.45, 2.75) is 161 Å². The van der Waals surface area contributed by atoms with Crippen molar-refractivity contribution in [1.82, 2.24) is 0 Å². The average Bonchev–Trinajstić information content (AvgIpc) is 3.17. The van der Waals surface area contributed by atoms with Crippen molar-refractivity contribution in [3.63, 3.8) is 0 Å². The molecule has 0 aromatic heterocycles. The van der Waals surface area contributed by atoms with Gasteiger partial charge >= 0.3 is 27.6 Å². The van der Waals surface area contributed by atoms with Crippen LogP contribution in [0.1, 0.15) is 149 Å². The zero-order valence-electron chi connectivity index (χ0n) is 34.5. The third-order valence-electron chi connectivity index (χ3n) is 8.81. The summed E-state index contributed by atoms with van der Waals surface area (Å²) in [5.41, 5.74) is 0. The maximum absolute atomic E-state index is 12.6. The number of allylic oxidation sites excluding steroid dienone is 8. The topological polar surface area (TPSA) is 216 Å². The van der Waals surface area contributed by atoms with Crippen LogP contribution in [0.15, 0.2) is 48.6 Å². The van der Waals surface area contributed by atoms with E-state index >= 15 is 0 Å². The summed E-state index contributed by atoms with van der Waals surface area (Å²) in [7, 11) is -9.69. The van der Waals surface area contributed by atoms with Gasteiger partial charge < -0.3 is 34.4 Å². The molecule has 0 aromatic rings. The number of esters is 2. The molecule has 0 aliphatic rings. The van der Waals surface area contributed by atoms with Gasteiger partial charge in [-0.05, 0) is 63.7 Å². The van der Waals surface area contributed by atoms with Crippen LogP contribution in [0.4, 0.5) is 0 Å². The molecule has 0 aromatic carbocycles. The number of ether oxygens (including phenoxy) is 2. The molecule has 0 radical (unpaired) electrons. The highest BCUT2D eigenvalue weighted by atomic mass is 31.2. The summed E-state index contributed by atoms with van der Waals surface area (Å²) in [6.07, 6.45) is 32.8. The highest BCUT2D eigenvalue weighted by Gasteiger charge is 2.28. The summed E-state index contributed by atoms with van der Waals surface area (Å²) in [5, 5.41) is 18.5. The maximum atomic E-state index is 12.6. The minimum atomic E-state index is -4.87. The molecule has 0 amide bonds. The lowest BCUT2D eigenvalue weighted by atomic mass is 9.99. The lowest BCUT2D eigenvalue weighted by Gasteiger charge is -2.20. The van der Waals surface area contributed by atoms with E-state index in [0.29, 0.717) is 19.3 Å². The summed E-state index contributed by atoms with van der Waals surface area (Å²) >= 11 is 0. The fourth-order valence-corrected chi connectivity index (χ4v) is 6.39. The number of hydrogen-bond acceptors (Lipinski definition) is 11. The monoisotopic (exact) mass is 852 g/mol. The Bertz CT molecular complexity index is 1220. The number of phosphoric acid groups is 2. The van der Waals surface area contributed by atoms with Gasteiger partial charge in [0.05, 0.1) is 19.8 Å². The van der Waals surface area contributed by atoms with E-state index in [9.17, 15) is 28.7 Å². The first-order chi connectivity index (χ1) is 27.3. The van der Waals surface area contributed by atoms with Gasteiger partial charge in [0, 0.05) is 19.4 Å². The quantitative estimate of drug-likeness (QED) is 0.0169. The van der Waals surface area contributed by atoms with Gasteiger partial charge in [-0.3, -0.25) is 23.2 Å². The first-order valence-electron chi connectivity index (χ1n) is 20.8. The minimum Gasteiger partial charge on any atom is -0.462 e. The summed E-state index contributed by atoms with van der Waals surface area (Å²) < 4.78 is 47.6. The lowest BCUT2D eigenvalue weighted by molar-refractivity contribution is -0.161. The zero-order valence-corrected chi connectivity index (χ0v) is 36.3. The Balaban J connectivity index is 4.65. The normalized spacial score (nSPS) is 15.1. The Hall–Kier alpha value is -1.96. The van der Waals surface area contributed by atoms with Crippen LogP contribution in [0.25, 0.3) is 0 Å². The molecule has 4 atom stereocenters. The highest BCUT2D eigenvalue weighted by Crippen LogP contribution is 2.43. The highest BCUT2D eigenvalue weighted by molar-refractivity contribution is 7.47. The van der Waals surface area contributed by atoms with Crippen LogP contribution in [0.2, 0.25) is 0 Å². The second-order valence-electron chi connectivity index (χ2n) is 14.2. The standard InChI is InChI=1S/C41H74O14P2/c1-3-37(2)29-25-21-17-14-15-18-22-26-30-40(44)51-35-39(36-54-57(49,50)53-34-38(43)33-52-56(46,47)48)55-41(45)31-27-23-19-13-11-9-7-5-4-6-8-10-12-16-20-24-28-32-42/h4,6-7,9-10,12-13,19,37-39,42-43H,3,5,8,11,14-18,20-36H2,1-2H3,(H,49,50)(H2,46,47,48)/b6-4-,9-7-,12-10-,19-13-/t37?,38-,39+/m0/s1. The number of aliphatic hydroxyl groups excluding tert-OH is 2. The third-order valence-corrected chi connectivity index (χ3v) is 10.2. The summed E-state index contributed by atoms with van der Waals surface area (Å²) in [6.45, 7) is 1.98. The maximum Gasteiger partial charge on any atom is 0.472 e. The number of carbonyl (C=O) groups excluding carboxylic acids is 2. The van der Waals surface area contributed by atoms with Crippen LogP contribution in [0.3, 0.4) is 0 Å². The van der Waals surface area contributed by atoms with Gasteiger partial charge in [-0.15, -0.1) is 0 Å². The Morgan fingerprint density at radius 1 is 0.596 bits per heavy atom. The molecule has 0 heterocycles. The largest absolute Gasteiger partial charge is 0.472 e. The van der Waals surface area contributed by atoms with Crippen molar-refractivity contribution in [2.24, 2.45) is 5.92 Å². The molecule has 0 fully saturated rings. The molecule has 0 spiro atoms. The molecule has 0 aliphatic heterocycles. The van der Waals surface area contributed by atoms with E-state index in [1.807, 2.05) is 12.2 Å². The van der Waals surface area contributed by atoms with Gasteiger partial charge in [0.1, 0.15) is 12.7 Å². The molecular formula is C41H74O14P2. The smallest absolute Gasteiger partial charge is 0.462 e. The van der Waals surface area contributed by atoms with Crippen molar-refractivity contribution in [3.05, 3.63) is 48.6 Å². The van der Waals surface area contributed by atoms with E-state index in [1.54, 1.807) is 0 Å². The molecule has 57 heavy (non-hydrogen) atoms. The predicted molar refractivity (Wildman–Crippen MR) is 222 cm³/mol. The van der Waals surface area contributed by atoms with Crippen molar-refractivity contribution in [3.8, 4) is 0 Å². The molecule has 16 heteroatoms. The average molecular weight is 853 g/mol. The molecule has 0 saturated carbocycles. The van der Waals surface area contributed by atoms with E-state index in [1.165, 1.54) is 38.5 Å². The van der Waals surface area contributed by atoms with Gasteiger partial charge in [0.2, 0.25) is 0 Å². The number of rotatable bonds is 39. The van der Waals surface area contributed by atoms with E-state index < -0.39 is 66.2 Å². The van der Waals surface area contributed by atoms with Crippen LogP contribution in [0.5, 0.6) is 0 Å². The van der Waals surface area contributed by atoms with Gasteiger partial charge in [-0.25, -0.2) is 9.13 Å². The van der Waals surface area contributed by atoms with Crippen molar-refractivity contribution in [1.29, 1.82) is 0 Å². The molecule has 0 bridgehead atoms. The number of unbranched alkanes of at least 4 members (excludes halogenated alkanes) is 11. The number of carbonyl (C=O) groups is 2. The Kier molecular flexibility index (Phi) is 35.8. The van der Waals surface area contributed by atoms with E-state index in [4.69, 9.17) is 28.9 Å². The van der Waals surface area contributed by atoms with Crippen molar-refractivity contribution >= 4 is 27.6 Å². The van der Waals surface area contributed by atoms with E-state index in [-0.39, 0.29) is 19.4 Å². The molecule has 14 nitrogen and oxygen atoms in total. The Labute approximate surface area is 342 Å². The third kappa shape index (κ3) is 40.6. The summed E-state index contributed by atoms with van der Waals surface area (Å²) in [4.78, 5) is 52.6. The van der Waals surface area contributed by atoms with Crippen LogP contribution >= 0.6 is 15.6 Å². The molecule has 332 valence electrons. The van der Waals surface area contributed by atoms with Crippen molar-refractivity contribution in [2.75, 3.05) is 33.0 Å². The molecule has 2 unspecified atom stereocenters. The second-order valence-corrected chi connectivity index (χ2v) is 16.9. The zero-order chi connectivity index (χ0) is 42.5. The fourth-order valence-electron chi connectivity index (χ4n) is 5.24. The molecule has 0 rings (SSSR count). The Morgan fingerprint density at radius 2 is 1.09 bits per heavy atom.